The molecule has 0 aliphatic heterocycles. The quantitative estimate of drug-likeness (QED) is 0.741. The van der Waals surface area contributed by atoms with Crippen molar-refractivity contribution in [2.24, 2.45) is 5.41 Å². The van der Waals surface area contributed by atoms with E-state index in [0.717, 1.165) is 0 Å². The van der Waals surface area contributed by atoms with Crippen molar-refractivity contribution < 1.29 is 14.7 Å². The van der Waals surface area contributed by atoms with Gasteiger partial charge in [-0.05, 0) is 13.8 Å². The van der Waals surface area contributed by atoms with Gasteiger partial charge >= 0.3 is 5.97 Å². The molecule has 1 aromatic rings. The molecule has 6 heteroatoms. The van der Waals surface area contributed by atoms with Crippen LogP contribution in [0.15, 0.2) is 11.6 Å². The van der Waals surface area contributed by atoms with Gasteiger partial charge in [0.25, 0.3) is 0 Å². The zero-order valence-electron chi connectivity index (χ0n) is 7.77. The Morgan fingerprint density at radius 3 is 2.64 bits per heavy atom. The number of carbonyl (C=O) groups excluding carboxylic acids is 1. The molecule has 14 heavy (non-hydrogen) atoms. The van der Waals surface area contributed by atoms with Crippen LogP contribution in [0.4, 0.5) is 5.13 Å². The van der Waals surface area contributed by atoms with E-state index in [9.17, 15) is 9.59 Å². The maximum Gasteiger partial charge on any atom is 0.318 e. The summed E-state index contributed by atoms with van der Waals surface area (Å²) in [5, 5.41) is 13.3. The van der Waals surface area contributed by atoms with Crippen LogP contribution < -0.4 is 5.32 Å². The van der Waals surface area contributed by atoms with Crippen LogP contribution in [0.1, 0.15) is 13.8 Å². The Balaban J connectivity index is 2.72. The number of aromatic nitrogens is 1. The molecule has 1 aromatic heterocycles. The first-order chi connectivity index (χ1) is 6.44. The predicted molar refractivity (Wildman–Crippen MR) is 52.2 cm³/mol. The number of anilines is 1. The molecule has 0 fully saturated rings. The van der Waals surface area contributed by atoms with Gasteiger partial charge in [0.05, 0.1) is 0 Å². The Kier molecular flexibility index (Phi) is 2.85. The number of thiazole rings is 1. The van der Waals surface area contributed by atoms with Crippen molar-refractivity contribution in [3.8, 4) is 0 Å². The van der Waals surface area contributed by atoms with E-state index in [-0.39, 0.29) is 0 Å². The standard InChI is InChI=1S/C8H10N2O3S/c1-8(2,6(12)13)5(11)10-7-9-3-4-14-7/h3-4H,1-2H3,(H,12,13)(H,9,10,11). The van der Waals surface area contributed by atoms with Crippen LogP contribution in [0.2, 0.25) is 0 Å². The minimum atomic E-state index is -1.44. The lowest BCUT2D eigenvalue weighted by atomic mass is 9.93. The van der Waals surface area contributed by atoms with Crippen molar-refractivity contribution in [1.82, 2.24) is 4.98 Å². The zero-order chi connectivity index (χ0) is 10.8. The molecule has 1 amide bonds. The number of aliphatic carboxylic acids is 1. The molecule has 0 aromatic carbocycles. The molecule has 1 rings (SSSR count). The Labute approximate surface area is 84.8 Å². The molecule has 2 N–H and O–H groups in total. The fourth-order valence-corrected chi connectivity index (χ4v) is 1.16. The summed E-state index contributed by atoms with van der Waals surface area (Å²) in [7, 11) is 0. The van der Waals surface area contributed by atoms with Gasteiger partial charge in [-0.3, -0.25) is 9.59 Å². The number of carbonyl (C=O) groups is 2. The largest absolute Gasteiger partial charge is 0.480 e. The average Bonchev–Trinajstić information content (AvgIpc) is 2.56. The molecule has 0 bridgehead atoms. The average molecular weight is 214 g/mol. The van der Waals surface area contributed by atoms with Gasteiger partial charge in [0.1, 0.15) is 5.41 Å². The van der Waals surface area contributed by atoms with Crippen LogP contribution in [0.3, 0.4) is 0 Å². The van der Waals surface area contributed by atoms with E-state index in [1.807, 2.05) is 0 Å². The number of hydrogen-bond donors (Lipinski definition) is 2. The summed E-state index contributed by atoms with van der Waals surface area (Å²) in [6, 6.07) is 0. The number of nitrogens with one attached hydrogen (secondary N) is 1. The molecular weight excluding hydrogens is 204 g/mol. The minimum absolute atomic E-state index is 0.407. The minimum Gasteiger partial charge on any atom is -0.480 e. The van der Waals surface area contributed by atoms with Crippen molar-refractivity contribution >= 4 is 28.3 Å². The summed E-state index contributed by atoms with van der Waals surface area (Å²) >= 11 is 1.24. The number of amides is 1. The Morgan fingerprint density at radius 2 is 2.21 bits per heavy atom. The van der Waals surface area contributed by atoms with E-state index in [1.54, 1.807) is 5.38 Å². The fourth-order valence-electron chi connectivity index (χ4n) is 0.636. The SMILES string of the molecule is CC(C)(C(=O)O)C(=O)Nc1nccs1. The normalized spacial score (nSPS) is 11.0. The third-order valence-corrected chi connectivity index (χ3v) is 2.44. The van der Waals surface area contributed by atoms with Crippen LogP contribution >= 0.6 is 11.3 Å². The van der Waals surface area contributed by atoms with Crippen LogP contribution in [0.5, 0.6) is 0 Å². The molecule has 1 heterocycles. The maximum absolute atomic E-state index is 11.4. The Hall–Kier alpha value is -1.43. The summed E-state index contributed by atoms with van der Waals surface area (Å²) < 4.78 is 0. The highest BCUT2D eigenvalue weighted by Gasteiger charge is 2.36. The molecule has 76 valence electrons. The van der Waals surface area contributed by atoms with E-state index < -0.39 is 17.3 Å². The lowest BCUT2D eigenvalue weighted by Gasteiger charge is -2.16. The lowest BCUT2D eigenvalue weighted by molar-refractivity contribution is -0.151. The molecule has 0 aliphatic carbocycles. The fraction of sp³-hybridized carbons (Fsp3) is 0.375. The molecule has 0 saturated heterocycles. The molecule has 0 unspecified atom stereocenters. The molecule has 0 spiro atoms. The van der Waals surface area contributed by atoms with Crippen LogP contribution in [0.25, 0.3) is 0 Å². The van der Waals surface area contributed by atoms with Crippen LogP contribution in [-0.4, -0.2) is 22.0 Å². The summed E-state index contributed by atoms with van der Waals surface area (Å²) in [6.07, 6.45) is 1.54. The van der Waals surface area contributed by atoms with Crippen molar-refractivity contribution in [3.05, 3.63) is 11.6 Å². The summed E-state index contributed by atoms with van der Waals surface area (Å²) in [5.74, 6) is -1.73. The van der Waals surface area contributed by atoms with Crippen LogP contribution in [-0.2, 0) is 9.59 Å². The van der Waals surface area contributed by atoms with E-state index in [1.165, 1.54) is 31.4 Å². The molecule has 5 nitrogen and oxygen atoms in total. The highest BCUT2D eigenvalue weighted by Crippen LogP contribution is 2.19. The molecule has 0 aliphatic rings. The lowest BCUT2D eigenvalue weighted by Crippen LogP contribution is -2.37. The molecule has 0 saturated carbocycles. The summed E-state index contributed by atoms with van der Waals surface area (Å²) in [5.41, 5.74) is -1.44. The van der Waals surface area contributed by atoms with E-state index in [2.05, 4.69) is 10.3 Å². The van der Waals surface area contributed by atoms with E-state index in [0.29, 0.717) is 5.13 Å². The van der Waals surface area contributed by atoms with E-state index >= 15 is 0 Å². The second-order valence-electron chi connectivity index (χ2n) is 3.22. The molecule has 0 radical (unpaired) electrons. The molecule has 0 atom stereocenters. The Bertz CT molecular complexity index is 345. The number of hydrogen-bond acceptors (Lipinski definition) is 4. The smallest absolute Gasteiger partial charge is 0.318 e. The number of nitrogens with zero attached hydrogens (tertiary/aromatic N) is 1. The van der Waals surface area contributed by atoms with Gasteiger partial charge in [-0.25, -0.2) is 4.98 Å². The zero-order valence-corrected chi connectivity index (χ0v) is 8.59. The van der Waals surface area contributed by atoms with Gasteiger partial charge in [0, 0.05) is 11.6 Å². The number of rotatable bonds is 3. The van der Waals surface area contributed by atoms with Gasteiger partial charge in [0.2, 0.25) is 5.91 Å². The van der Waals surface area contributed by atoms with Gasteiger partial charge in [-0.1, -0.05) is 0 Å². The van der Waals surface area contributed by atoms with Crippen molar-refractivity contribution in [2.75, 3.05) is 5.32 Å². The van der Waals surface area contributed by atoms with Crippen molar-refractivity contribution in [3.63, 3.8) is 0 Å². The first-order valence-electron chi connectivity index (χ1n) is 3.89. The second-order valence-corrected chi connectivity index (χ2v) is 4.12. The summed E-state index contributed by atoms with van der Waals surface area (Å²) in [4.78, 5) is 26.0. The third-order valence-electron chi connectivity index (χ3n) is 1.76. The molecular formula is C8H10N2O3S. The Morgan fingerprint density at radius 1 is 1.57 bits per heavy atom. The predicted octanol–water partition coefficient (Wildman–Crippen LogP) is 1.19. The monoisotopic (exact) mass is 214 g/mol. The highest BCUT2D eigenvalue weighted by atomic mass is 32.1. The first kappa shape index (κ1) is 10.6. The maximum atomic E-state index is 11.4. The second kappa shape index (κ2) is 3.75. The highest BCUT2D eigenvalue weighted by molar-refractivity contribution is 7.13. The van der Waals surface area contributed by atoms with Crippen molar-refractivity contribution in [1.29, 1.82) is 0 Å². The van der Waals surface area contributed by atoms with Gasteiger partial charge in [0.15, 0.2) is 5.13 Å². The number of carboxylic acid groups (broad SMARTS) is 1. The topological polar surface area (TPSA) is 79.3 Å². The van der Waals surface area contributed by atoms with Gasteiger partial charge < -0.3 is 10.4 Å². The van der Waals surface area contributed by atoms with E-state index in [4.69, 9.17) is 5.11 Å². The number of carboxylic acids is 1. The summed E-state index contributed by atoms with van der Waals surface area (Å²) in [6.45, 7) is 2.69. The first-order valence-corrected chi connectivity index (χ1v) is 4.77. The third kappa shape index (κ3) is 2.08. The van der Waals surface area contributed by atoms with Crippen LogP contribution in [0, 0.1) is 5.41 Å². The van der Waals surface area contributed by atoms with Gasteiger partial charge in [-0.2, -0.15) is 0 Å². The van der Waals surface area contributed by atoms with Gasteiger partial charge in [-0.15, -0.1) is 11.3 Å². The van der Waals surface area contributed by atoms with Crippen molar-refractivity contribution in [2.45, 2.75) is 13.8 Å².